The zero-order valence-corrected chi connectivity index (χ0v) is 15.2. The Morgan fingerprint density at radius 1 is 1.42 bits per heavy atom. The molecule has 1 saturated heterocycles. The molecule has 2 amide bonds. The molecule has 5 nitrogen and oxygen atoms in total. The van der Waals surface area contributed by atoms with Crippen molar-refractivity contribution in [3.63, 3.8) is 0 Å². The Hall–Kier alpha value is -1.86. The number of nitrogens with one attached hydrogen (secondary N) is 1. The molecule has 1 atom stereocenters. The highest BCUT2D eigenvalue weighted by Gasteiger charge is 2.35. The van der Waals surface area contributed by atoms with Crippen LogP contribution in [-0.4, -0.2) is 29.6 Å². The Bertz CT molecular complexity index is 743. The molecule has 1 aromatic carbocycles. The van der Waals surface area contributed by atoms with Gasteiger partial charge < -0.3 is 10.2 Å². The van der Waals surface area contributed by atoms with Crippen LogP contribution >= 0.6 is 23.1 Å². The fourth-order valence-corrected chi connectivity index (χ4v) is 3.91. The van der Waals surface area contributed by atoms with Crippen LogP contribution in [-0.2, 0) is 15.3 Å². The molecule has 3 rings (SSSR count). The molecule has 1 aliphatic rings. The number of aromatic nitrogens is 1. The van der Waals surface area contributed by atoms with E-state index in [2.05, 4.69) is 10.3 Å². The fraction of sp³-hybridized carbons (Fsp3) is 0.353. The van der Waals surface area contributed by atoms with Crippen LogP contribution in [0.3, 0.4) is 0 Å². The van der Waals surface area contributed by atoms with E-state index >= 15 is 0 Å². The number of thiazole rings is 1. The maximum Gasteiger partial charge on any atom is 0.231 e. The molecule has 7 heteroatoms. The number of thioether (sulfide) groups is 1. The monoisotopic (exact) mass is 361 g/mol. The lowest BCUT2D eigenvalue weighted by atomic mass is 10.1. The number of hydrogen-bond acceptors (Lipinski definition) is 5. The smallest absolute Gasteiger partial charge is 0.231 e. The van der Waals surface area contributed by atoms with E-state index in [1.165, 1.54) is 11.3 Å². The number of nitrogens with zero attached hydrogens (tertiary/aromatic N) is 2. The van der Waals surface area contributed by atoms with E-state index in [1.807, 2.05) is 42.8 Å². The van der Waals surface area contributed by atoms with Crippen molar-refractivity contribution in [2.24, 2.45) is 5.92 Å². The van der Waals surface area contributed by atoms with E-state index in [0.29, 0.717) is 11.7 Å². The van der Waals surface area contributed by atoms with Gasteiger partial charge in [0.15, 0.2) is 5.13 Å². The minimum absolute atomic E-state index is 0.0128. The summed E-state index contributed by atoms with van der Waals surface area (Å²) in [6.45, 7) is 2.42. The third-order valence-corrected chi connectivity index (χ3v) is 5.31. The van der Waals surface area contributed by atoms with Crippen LogP contribution in [0.2, 0.25) is 0 Å². The number of carbonyl (C=O) groups is 2. The topological polar surface area (TPSA) is 62.3 Å². The lowest BCUT2D eigenvalue weighted by Crippen LogP contribution is -2.28. The van der Waals surface area contributed by atoms with E-state index < -0.39 is 0 Å². The first-order valence-corrected chi connectivity index (χ1v) is 9.95. The summed E-state index contributed by atoms with van der Waals surface area (Å²) in [5, 5.41) is 5.40. The van der Waals surface area contributed by atoms with Crippen LogP contribution in [0, 0.1) is 12.8 Å². The van der Waals surface area contributed by atoms with Crippen molar-refractivity contribution in [1.29, 1.82) is 0 Å². The molecule has 1 fully saturated rings. The summed E-state index contributed by atoms with van der Waals surface area (Å²) >= 11 is 3.11. The number of aryl methyl sites for hydroxylation is 1. The molecule has 24 heavy (non-hydrogen) atoms. The molecule has 0 radical (unpaired) electrons. The van der Waals surface area contributed by atoms with Crippen LogP contribution < -0.4 is 10.2 Å². The number of benzene rings is 1. The van der Waals surface area contributed by atoms with Gasteiger partial charge in [0, 0.05) is 29.8 Å². The van der Waals surface area contributed by atoms with Crippen molar-refractivity contribution in [3.05, 3.63) is 40.9 Å². The molecule has 0 aliphatic carbocycles. The summed E-state index contributed by atoms with van der Waals surface area (Å²) in [5.41, 5.74) is 2.95. The molecule has 0 spiro atoms. The lowest BCUT2D eigenvalue weighted by Gasteiger charge is -2.16. The van der Waals surface area contributed by atoms with Crippen LogP contribution in [0.25, 0.3) is 0 Å². The van der Waals surface area contributed by atoms with Gasteiger partial charge in [-0.3, -0.25) is 9.59 Å². The highest BCUT2D eigenvalue weighted by Crippen LogP contribution is 2.27. The summed E-state index contributed by atoms with van der Waals surface area (Å²) in [6.07, 6.45) is 2.25. The zero-order valence-electron chi connectivity index (χ0n) is 13.6. The SMILES string of the molecule is CSCc1csc(NC(=O)C2CC(=O)N(c3ccc(C)cc3)C2)n1. The van der Waals surface area contributed by atoms with Crippen molar-refractivity contribution in [1.82, 2.24) is 4.98 Å². The van der Waals surface area contributed by atoms with Gasteiger partial charge in [-0.05, 0) is 25.3 Å². The van der Waals surface area contributed by atoms with Gasteiger partial charge in [-0.1, -0.05) is 17.7 Å². The van der Waals surface area contributed by atoms with Crippen LogP contribution in [0.1, 0.15) is 17.7 Å². The fourth-order valence-electron chi connectivity index (χ4n) is 2.64. The van der Waals surface area contributed by atoms with Gasteiger partial charge in [0.2, 0.25) is 11.8 Å². The molecule has 126 valence electrons. The predicted molar refractivity (Wildman–Crippen MR) is 99.6 cm³/mol. The van der Waals surface area contributed by atoms with Gasteiger partial charge in [0.05, 0.1) is 11.6 Å². The maximum absolute atomic E-state index is 12.4. The molecule has 0 saturated carbocycles. The summed E-state index contributed by atoms with van der Waals surface area (Å²) in [5.74, 6) is 0.339. The average Bonchev–Trinajstić information content (AvgIpc) is 3.15. The minimum atomic E-state index is -0.341. The van der Waals surface area contributed by atoms with E-state index in [-0.39, 0.29) is 24.2 Å². The Kier molecular flexibility index (Phi) is 5.20. The van der Waals surface area contributed by atoms with E-state index in [4.69, 9.17) is 0 Å². The van der Waals surface area contributed by atoms with E-state index in [9.17, 15) is 9.59 Å². The molecule has 0 bridgehead atoms. The van der Waals surface area contributed by atoms with Gasteiger partial charge in [-0.15, -0.1) is 11.3 Å². The largest absolute Gasteiger partial charge is 0.312 e. The van der Waals surface area contributed by atoms with E-state index in [0.717, 1.165) is 22.7 Å². The Morgan fingerprint density at radius 3 is 2.88 bits per heavy atom. The molecule has 2 aromatic rings. The molecular weight excluding hydrogens is 342 g/mol. The first-order valence-electron chi connectivity index (χ1n) is 7.68. The Labute approximate surface area is 149 Å². The minimum Gasteiger partial charge on any atom is -0.312 e. The Balaban J connectivity index is 1.64. The second-order valence-corrected chi connectivity index (χ2v) is 7.53. The summed E-state index contributed by atoms with van der Waals surface area (Å²) in [4.78, 5) is 30.7. The zero-order chi connectivity index (χ0) is 17.1. The van der Waals surface area contributed by atoms with Crippen molar-refractivity contribution in [3.8, 4) is 0 Å². The molecular formula is C17H19N3O2S2. The third-order valence-electron chi connectivity index (χ3n) is 3.92. The molecule has 1 N–H and O–H groups in total. The number of anilines is 2. The summed E-state index contributed by atoms with van der Waals surface area (Å²) in [6, 6.07) is 7.78. The number of amides is 2. The molecule has 1 aromatic heterocycles. The number of rotatable bonds is 5. The van der Waals surface area contributed by atoms with Gasteiger partial charge in [0.25, 0.3) is 0 Å². The summed E-state index contributed by atoms with van der Waals surface area (Å²) in [7, 11) is 0. The van der Waals surface area contributed by atoms with Gasteiger partial charge in [-0.25, -0.2) is 4.98 Å². The van der Waals surface area contributed by atoms with Crippen LogP contribution in [0.4, 0.5) is 10.8 Å². The molecule has 2 heterocycles. The lowest BCUT2D eigenvalue weighted by molar-refractivity contribution is -0.122. The first-order chi connectivity index (χ1) is 11.6. The average molecular weight is 361 g/mol. The standard InChI is InChI=1S/C17H19N3O2S2/c1-11-3-5-14(6-4-11)20-8-12(7-15(20)21)16(22)19-17-18-13(9-23-2)10-24-17/h3-6,10,12H,7-9H2,1-2H3,(H,18,19,22). The van der Waals surface area contributed by atoms with Crippen LogP contribution in [0.15, 0.2) is 29.6 Å². The van der Waals surface area contributed by atoms with Crippen LogP contribution in [0.5, 0.6) is 0 Å². The molecule has 1 unspecified atom stereocenters. The Morgan fingerprint density at radius 2 is 2.17 bits per heavy atom. The second-order valence-electron chi connectivity index (χ2n) is 5.81. The van der Waals surface area contributed by atoms with Crippen molar-refractivity contribution in [2.75, 3.05) is 23.0 Å². The van der Waals surface area contributed by atoms with Crippen molar-refractivity contribution >= 4 is 45.7 Å². The number of carbonyl (C=O) groups excluding carboxylic acids is 2. The highest BCUT2D eigenvalue weighted by atomic mass is 32.2. The third kappa shape index (κ3) is 3.79. The predicted octanol–water partition coefficient (Wildman–Crippen LogP) is 3.31. The molecule has 1 aliphatic heterocycles. The second kappa shape index (κ2) is 7.36. The normalized spacial score (nSPS) is 17.3. The van der Waals surface area contributed by atoms with E-state index in [1.54, 1.807) is 16.7 Å². The van der Waals surface area contributed by atoms with Gasteiger partial charge in [0.1, 0.15) is 0 Å². The van der Waals surface area contributed by atoms with Gasteiger partial charge >= 0.3 is 0 Å². The number of hydrogen-bond donors (Lipinski definition) is 1. The van der Waals surface area contributed by atoms with Crippen molar-refractivity contribution in [2.45, 2.75) is 19.1 Å². The first kappa shape index (κ1) is 17.0. The summed E-state index contributed by atoms with van der Waals surface area (Å²) < 4.78 is 0. The quantitative estimate of drug-likeness (QED) is 0.887. The maximum atomic E-state index is 12.4. The van der Waals surface area contributed by atoms with Gasteiger partial charge in [-0.2, -0.15) is 11.8 Å². The van der Waals surface area contributed by atoms with Crippen molar-refractivity contribution < 1.29 is 9.59 Å². The highest BCUT2D eigenvalue weighted by molar-refractivity contribution is 7.97.